The van der Waals surface area contributed by atoms with Crippen LogP contribution in [-0.2, 0) is 33.3 Å². The fourth-order valence-corrected chi connectivity index (χ4v) is 6.58. The summed E-state index contributed by atoms with van der Waals surface area (Å²) in [5.74, 6) is -2.59. The standard InChI is InChI=1S/C31H51NO10/c1-9-23-18(4)29-31(6,42-29)12-10-21(34)16(2)14-20(11-13-33)28(17(3)22(35)15-24(36)40-23)41-30-27(38)25(32(7)8)26(37)19(5)39-30/h10,12-13,16-20,22-23,25-30,35,37-38H,9,11,14-15H2,1-8H3/b12-10-/t16-,17-,18+,19+,20+,22-,23+,25-,26-,27-,28-,29-,30-,31+/m1/s1. The number of allylic oxidation sites excluding steroid dienone is 1. The number of fused-ring (bicyclic) bond motifs is 1. The second kappa shape index (κ2) is 14.4. The predicted molar refractivity (Wildman–Crippen MR) is 153 cm³/mol. The van der Waals surface area contributed by atoms with Crippen molar-refractivity contribution in [3.63, 3.8) is 0 Å². The fraction of sp³-hybridized carbons (Fsp3) is 0.839. The minimum atomic E-state index is -1.25. The largest absolute Gasteiger partial charge is 0.462 e. The molecule has 42 heavy (non-hydrogen) atoms. The molecule has 3 rings (SSSR count). The number of carbonyl (C=O) groups excluding carboxylic acids is 3. The number of carbonyl (C=O) groups is 3. The van der Waals surface area contributed by atoms with Gasteiger partial charge >= 0.3 is 5.97 Å². The van der Waals surface area contributed by atoms with Gasteiger partial charge in [0.05, 0.1) is 43.0 Å². The first-order valence-corrected chi connectivity index (χ1v) is 15.2. The van der Waals surface area contributed by atoms with Crippen LogP contribution in [0.4, 0.5) is 0 Å². The van der Waals surface area contributed by atoms with Crippen molar-refractivity contribution in [1.29, 1.82) is 0 Å². The molecule has 0 radical (unpaired) electrons. The number of cyclic esters (lactones) is 1. The van der Waals surface area contributed by atoms with E-state index in [-0.39, 0.29) is 37.1 Å². The van der Waals surface area contributed by atoms with Crippen molar-refractivity contribution in [2.45, 2.75) is 128 Å². The van der Waals surface area contributed by atoms with Crippen LogP contribution in [0.25, 0.3) is 0 Å². The smallest absolute Gasteiger partial charge is 0.308 e. The summed E-state index contributed by atoms with van der Waals surface area (Å²) in [6, 6.07) is -0.696. The number of likely N-dealkylation sites (N-methyl/N-ethyl adjacent to an activating group) is 1. The number of ketones is 1. The molecule has 14 atom stereocenters. The second-order valence-corrected chi connectivity index (χ2v) is 12.9. The highest BCUT2D eigenvalue weighted by Crippen LogP contribution is 2.45. The molecular weight excluding hydrogens is 546 g/mol. The average molecular weight is 598 g/mol. The summed E-state index contributed by atoms with van der Waals surface area (Å²) in [6.45, 7) is 10.9. The quantitative estimate of drug-likeness (QED) is 0.232. The molecule has 0 saturated carbocycles. The molecule has 0 aromatic rings. The molecule has 11 heteroatoms. The number of epoxide rings is 1. The van der Waals surface area contributed by atoms with Gasteiger partial charge in [-0.3, -0.25) is 9.59 Å². The van der Waals surface area contributed by atoms with Crippen LogP contribution in [0.2, 0.25) is 0 Å². The highest BCUT2D eigenvalue weighted by molar-refractivity contribution is 5.91. The maximum absolute atomic E-state index is 13.2. The molecule has 0 amide bonds. The van der Waals surface area contributed by atoms with Crippen molar-refractivity contribution in [2.24, 2.45) is 23.7 Å². The fourth-order valence-electron chi connectivity index (χ4n) is 6.58. The van der Waals surface area contributed by atoms with Gasteiger partial charge < -0.3 is 44.0 Å². The normalized spacial score (nSPS) is 46.5. The molecule has 240 valence electrons. The van der Waals surface area contributed by atoms with E-state index in [9.17, 15) is 29.7 Å². The summed E-state index contributed by atoms with van der Waals surface area (Å²) >= 11 is 0. The zero-order valence-corrected chi connectivity index (χ0v) is 26.2. The van der Waals surface area contributed by atoms with Crippen LogP contribution in [0.1, 0.15) is 67.2 Å². The monoisotopic (exact) mass is 597 g/mol. The van der Waals surface area contributed by atoms with Crippen LogP contribution >= 0.6 is 0 Å². The molecule has 2 saturated heterocycles. The van der Waals surface area contributed by atoms with Gasteiger partial charge in [0, 0.05) is 24.2 Å². The van der Waals surface area contributed by atoms with Crippen molar-refractivity contribution in [3.8, 4) is 0 Å². The Bertz CT molecular complexity index is 973. The lowest BCUT2D eigenvalue weighted by atomic mass is 9.79. The lowest BCUT2D eigenvalue weighted by Crippen LogP contribution is -2.63. The third kappa shape index (κ3) is 7.85. The number of aliphatic hydroxyl groups excluding tert-OH is 3. The average Bonchev–Trinajstić information content (AvgIpc) is 3.61. The number of hydrogen-bond donors (Lipinski definition) is 3. The van der Waals surface area contributed by atoms with Crippen molar-refractivity contribution < 1.29 is 48.7 Å². The Labute approximate surface area is 249 Å². The van der Waals surface area contributed by atoms with E-state index in [0.717, 1.165) is 6.29 Å². The first-order chi connectivity index (χ1) is 19.6. The lowest BCUT2D eigenvalue weighted by molar-refractivity contribution is -0.304. The Morgan fingerprint density at radius 1 is 1.10 bits per heavy atom. The van der Waals surface area contributed by atoms with Crippen molar-refractivity contribution >= 4 is 18.0 Å². The van der Waals surface area contributed by atoms with Gasteiger partial charge in [0.2, 0.25) is 0 Å². The summed E-state index contributed by atoms with van der Waals surface area (Å²) in [6.07, 6.45) is -2.34. The number of aldehydes is 1. The molecule has 0 spiro atoms. The van der Waals surface area contributed by atoms with E-state index >= 15 is 0 Å². The van der Waals surface area contributed by atoms with Crippen LogP contribution in [0.15, 0.2) is 12.2 Å². The summed E-state index contributed by atoms with van der Waals surface area (Å²) in [5, 5.41) is 33.1. The first-order valence-electron chi connectivity index (χ1n) is 15.2. The molecular formula is C31H51NO10. The van der Waals surface area contributed by atoms with Gasteiger partial charge in [0.15, 0.2) is 12.1 Å². The number of rotatable bonds is 6. The maximum Gasteiger partial charge on any atom is 0.308 e. The Kier molecular flexibility index (Phi) is 11.9. The highest BCUT2D eigenvalue weighted by Gasteiger charge is 2.55. The molecule has 0 bridgehead atoms. The molecule has 3 N–H and O–H groups in total. The molecule has 0 aromatic heterocycles. The lowest BCUT2D eigenvalue weighted by Gasteiger charge is -2.46. The third-order valence-electron chi connectivity index (χ3n) is 9.42. The SMILES string of the molecule is CC[C@@H]1OC(=O)C[C@@H](O)[C@@H](C)[C@@H](O[C@H]2O[C@@H](C)[C@@H](O)[C@@H](N(C)C)[C@H]2O)[C@@H](CC=O)C[C@@H](C)C(=O)/C=C\[C@]2(C)O[C@@H]2[C@H]1C. The summed E-state index contributed by atoms with van der Waals surface area (Å²) < 4.78 is 24.0. The van der Waals surface area contributed by atoms with Crippen LogP contribution in [0.3, 0.4) is 0 Å². The van der Waals surface area contributed by atoms with Crippen LogP contribution in [-0.4, -0.2) is 113 Å². The minimum absolute atomic E-state index is 0.0178. The minimum Gasteiger partial charge on any atom is -0.462 e. The van der Waals surface area contributed by atoms with Crippen molar-refractivity contribution in [2.75, 3.05) is 14.1 Å². The first kappa shape index (κ1) is 34.8. The second-order valence-electron chi connectivity index (χ2n) is 12.9. The van der Waals surface area contributed by atoms with Crippen molar-refractivity contribution in [1.82, 2.24) is 4.90 Å². The van der Waals surface area contributed by atoms with E-state index < -0.39 is 78.3 Å². The molecule has 3 heterocycles. The molecule has 3 aliphatic rings. The Hall–Kier alpha value is -1.73. The molecule has 0 aliphatic carbocycles. The van der Waals surface area contributed by atoms with E-state index in [0.29, 0.717) is 6.42 Å². The van der Waals surface area contributed by atoms with E-state index in [1.807, 2.05) is 20.8 Å². The Balaban J connectivity index is 1.97. The Morgan fingerprint density at radius 3 is 2.36 bits per heavy atom. The Morgan fingerprint density at radius 2 is 1.76 bits per heavy atom. The number of ether oxygens (including phenoxy) is 4. The van der Waals surface area contributed by atoms with E-state index in [2.05, 4.69) is 0 Å². The summed E-state index contributed by atoms with van der Waals surface area (Å²) in [4.78, 5) is 39.8. The van der Waals surface area contributed by atoms with Gasteiger partial charge in [0.25, 0.3) is 0 Å². The van der Waals surface area contributed by atoms with E-state index in [4.69, 9.17) is 18.9 Å². The summed E-state index contributed by atoms with van der Waals surface area (Å²) in [7, 11) is 3.46. The van der Waals surface area contributed by atoms with Crippen LogP contribution in [0.5, 0.6) is 0 Å². The van der Waals surface area contributed by atoms with Gasteiger partial charge in [-0.1, -0.05) is 27.7 Å². The molecule has 2 fully saturated rings. The topological polar surface area (TPSA) is 155 Å². The number of esters is 1. The predicted octanol–water partition coefficient (Wildman–Crippen LogP) is 1.64. The van der Waals surface area contributed by atoms with Crippen LogP contribution in [0, 0.1) is 23.7 Å². The van der Waals surface area contributed by atoms with Gasteiger partial charge in [-0.25, -0.2) is 0 Å². The van der Waals surface area contributed by atoms with Gasteiger partial charge in [-0.15, -0.1) is 0 Å². The van der Waals surface area contributed by atoms with Crippen LogP contribution < -0.4 is 0 Å². The molecule has 11 nitrogen and oxygen atoms in total. The van der Waals surface area contributed by atoms with Gasteiger partial charge in [-0.05, 0) is 58.9 Å². The van der Waals surface area contributed by atoms with Gasteiger partial charge in [-0.2, -0.15) is 0 Å². The number of nitrogens with zero attached hydrogens (tertiary/aromatic N) is 1. The molecule has 0 unspecified atom stereocenters. The van der Waals surface area contributed by atoms with Crippen molar-refractivity contribution in [3.05, 3.63) is 12.2 Å². The molecule has 3 aliphatic heterocycles. The van der Waals surface area contributed by atoms with E-state index in [1.54, 1.807) is 45.8 Å². The number of hydrogen-bond acceptors (Lipinski definition) is 11. The third-order valence-corrected chi connectivity index (χ3v) is 9.42. The zero-order chi connectivity index (χ0) is 31.5. The zero-order valence-electron chi connectivity index (χ0n) is 26.2. The maximum atomic E-state index is 13.2. The van der Waals surface area contributed by atoms with Gasteiger partial charge in [0.1, 0.15) is 24.1 Å². The highest BCUT2D eigenvalue weighted by atomic mass is 16.7. The summed E-state index contributed by atoms with van der Waals surface area (Å²) in [5.41, 5.74) is -0.660. The number of aliphatic hydroxyl groups is 3. The van der Waals surface area contributed by atoms with E-state index in [1.165, 1.54) is 6.08 Å². The molecule has 0 aromatic carbocycles.